The number of allylic oxidation sites excluding steroid dienone is 2. The molecule has 0 aliphatic rings. The van der Waals surface area contributed by atoms with Gasteiger partial charge in [0.05, 0.1) is 14.2 Å². The predicted molar refractivity (Wildman–Crippen MR) is 162 cm³/mol. The number of methoxy groups -OCH3 is 2. The molecule has 2 nitrogen and oxygen atoms in total. The Morgan fingerprint density at radius 2 is 0.868 bits per heavy atom. The zero-order chi connectivity index (χ0) is 27.3. The smallest absolute Gasteiger partial charge is 0.118 e. The van der Waals surface area contributed by atoms with Gasteiger partial charge < -0.3 is 9.47 Å². The maximum absolute atomic E-state index is 6.57. The van der Waals surface area contributed by atoms with E-state index in [1.807, 2.05) is 37.3 Å². The maximum atomic E-state index is 6.57. The highest BCUT2D eigenvalue weighted by Gasteiger charge is 2.22. The molecule has 0 unspecified atom stereocenters. The van der Waals surface area contributed by atoms with E-state index in [0.717, 1.165) is 61.1 Å². The van der Waals surface area contributed by atoms with Crippen molar-refractivity contribution < 1.29 is 9.47 Å². The van der Waals surface area contributed by atoms with Gasteiger partial charge in [-0.05, 0) is 81.1 Å². The monoisotopic (exact) mass is 522 g/mol. The van der Waals surface area contributed by atoms with E-state index in [-0.39, 0.29) is 5.41 Å². The highest BCUT2D eigenvalue weighted by Crippen LogP contribution is 2.41. The first-order valence-corrected chi connectivity index (χ1v) is 13.2. The van der Waals surface area contributed by atoms with E-state index in [1.165, 1.54) is 0 Å². The third-order valence-corrected chi connectivity index (χ3v) is 6.82. The lowest BCUT2D eigenvalue weighted by molar-refractivity contribution is 0.414. The summed E-state index contributed by atoms with van der Waals surface area (Å²) in [4.78, 5) is 0. The molecular weight excluding hydrogens is 488 g/mol. The Bertz CT molecular complexity index is 1370. The summed E-state index contributed by atoms with van der Waals surface area (Å²) in [6.45, 7) is 8.56. The zero-order valence-corrected chi connectivity index (χ0v) is 23.8. The van der Waals surface area contributed by atoms with Crippen LogP contribution in [0.3, 0.4) is 0 Å². The minimum absolute atomic E-state index is 0.0667. The van der Waals surface area contributed by atoms with Crippen LogP contribution in [0.2, 0.25) is 0 Å². The SMILES string of the molecule is COc1ccc(C(=C(c2ccccc2)c2ccc(/C(=C(/C)Cl)C(C)(C)C)cc2)c2ccc(OC)cc2)cc1. The van der Waals surface area contributed by atoms with Crippen LogP contribution in [0.5, 0.6) is 11.5 Å². The van der Waals surface area contributed by atoms with Gasteiger partial charge in [0.15, 0.2) is 0 Å². The maximum Gasteiger partial charge on any atom is 0.118 e. The van der Waals surface area contributed by atoms with Crippen molar-refractivity contribution in [3.63, 3.8) is 0 Å². The molecule has 0 fully saturated rings. The number of rotatable bonds is 7. The Balaban J connectivity index is 2.01. The van der Waals surface area contributed by atoms with Crippen LogP contribution >= 0.6 is 11.6 Å². The molecule has 0 bridgehead atoms. The molecule has 0 aliphatic heterocycles. The zero-order valence-electron chi connectivity index (χ0n) is 23.0. The number of hydrogen-bond acceptors (Lipinski definition) is 2. The first-order valence-electron chi connectivity index (χ1n) is 12.8. The van der Waals surface area contributed by atoms with Crippen molar-refractivity contribution in [1.29, 1.82) is 0 Å². The Morgan fingerprint density at radius 3 is 1.21 bits per heavy atom. The van der Waals surface area contributed by atoms with Crippen LogP contribution in [0.25, 0.3) is 16.7 Å². The number of benzene rings is 4. The normalized spacial score (nSPS) is 12.0. The van der Waals surface area contributed by atoms with Gasteiger partial charge in [0.2, 0.25) is 0 Å². The summed E-state index contributed by atoms with van der Waals surface area (Å²) in [5.41, 5.74) is 8.98. The molecule has 0 aromatic heterocycles. The van der Waals surface area contributed by atoms with Gasteiger partial charge in [-0.25, -0.2) is 0 Å². The van der Waals surface area contributed by atoms with E-state index in [9.17, 15) is 0 Å². The Hall–Kier alpha value is -3.75. The van der Waals surface area contributed by atoms with Crippen LogP contribution in [0.1, 0.15) is 55.5 Å². The lowest BCUT2D eigenvalue weighted by Gasteiger charge is -2.25. The van der Waals surface area contributed by atoms with Crippen molar-refractivity contribution in [2.24, 2.45) is 5.41 Å². The Kier molecular flexibility index (Phi) is 8.44. The lowest BCUT2D eigenvalue weighted by atomic mass is 9.80. The molecule has 4 aromatic rings. The molecule has 4 rings (SSSR count). The molecule has 0 N–H and O–H groups in total. The molecule has 0 atom stereocenters. The lowest BCUT2D eigenvalue weighted by Crippen LogP contribution is -2.09. The molecular formula is C35H35ClO2. The summed E-state index contributed by atoms with van der Waals surface area (Å²) in [6.07, 6.45) is 0. The fourth-order valence-corrected chi connectivity index (χ4v) is 5.38. The molecule has 0 saturated heterocycles. The number of halogens is 1. The minimum Gasteiger partial charge on any atom is -0.497 e. The van der Waals surface area contributed by atoms with E-state index in [4.69, 9.17) is 21.1 Å². The van der Waals surface area contributed by atoms with E-state index < -0.39 is 0 Å². The third-order valence-electron chi connectivity index (χ3n) is 6.63. The van der Waals surface area contributed by atoms with Crippen LogP contribution in [0.15, 0.2) is 108 Å². The standard InChI is InChI=1S/C35H35ClO2/c1-24(36)34(35(2,3)4)29-14-12-26(13-15-29)32(25-10-8-7-9-11-25)33(27-16-20-30(37-5)21-17-27)28-18-22-31(38-6)23-19-28/h7-23H,1-6H3/b34-24+. The summed E-state index contributed by atoms with van der Waals surface area (Å²) >= 11 is 6.57. The van der Waals surface area contributed by atoms with Crippen molar-refractivity contribution in [1.82, 2.24) is 0 Å². The second kappa shape index (κ2) is 11.8. The van der Waals surface area contributed by atoms with Crippen LogP contribution in [-0.4, -0.2) is 14.2 Å². The summed E-state index contributed by atoms with van der Waals surface area (Å²) in [5.74, 6) is 1.65. The molecule has 194 valence electrons. The van der Waals surface area contributed by atoms with Crippen molar-refractivity contribution >= 4 is 28.3 Å². The first kappa shape index (κ1) is 27.3. The molecule has 0 aliphatic carbocycles. The highest BCUT2D eigenvalue weighted by molar-refractivity contribution is 6.32. The number of hydrogen-bond donors (Lipinski definition) is 0. The summed E-state index contributed by atoms with van der Waals surface area (Å²) in [7, 11) is 3.38. The largest absolute Gasteiger partial charge is 0.497 e. The van der Waals surface area contributed by atoms with Gasteiger partial charge in [0.25, 0.3) is 0 Å². The topological polar surface area (TPSA) is 18.5 Å². The second-order valence-electron chi connectivity index (χ2n) is 10.3. The van der Waals surface area contributed by atoms with Crippen LogP contribution < -0.4 is 9.47 Å². The molecule has 0 radical (unpaired) electrons. The third kappa shape index (κ3) is 6.03. The molecule has 3 heteroatoms. The van der Waals surface area contributed by atoms with Crippen molar-refractivity contribution in [2.45, 2.75) is 27.7 Å². The van der Waals surface area contributed by atoms with Gasteiger partial charge in [0, 0.05) is 5.03 Å². The van der Waals surface area contributed by atoms with Gasteiger partial charge >= 0.3 is 0 Å². The van der Waals surface area contributed by atoms with E-state index in [1.54, 1.807) is 14.2 Å². The van der Waals surface area contributed by atoms with E-state index >= 15 is 0 Å². The van der Waals surface area contributed by atoms with Gasteiger partial charge in [0.1, 0.15) is 11.5 Å². The number of ether oxygens (including phenoxy) is 2. The summed E-state index contributed by atoms with van der Waals surface area (Å²) in [6, 6.07) is 35.8. The quantitative estimate of drug-likeness (QED) is 0.225. The van der Waals surface area contributed by atoms with Gasteiger partial charge in [-0.1, -0.05) is 111 Å². The van der Waals surface area contributed by atoms with Crippen molar-refractivity contribution in [2.75, 3.05) is 14.2 Å². The second-order valence-corrected chi connectivity index (χ2v) is 10.9. The first-order chi connectivity index (χ1) is 18.2. The average Bonchev–Trinajstić information content (AvgIpc) is 2.92. The Morgan fingerprint density at radius 1 is 0.526 bits per heavy atom. The molecule has 0 amide bonds. The van der Waals surface area contributed by atoms with E-state index in [2.05, 4.69) is 93.6 Å². The highest BCUT2D eigenvalue weighted by atomic mass is 35.5. The van der Waals surface area contributed by atoms with Gasteiger partial charge in [-0.15, -0.1) is 0 Å². The molecule has 0 heterocycles. The van der Waals surface area contributed by atoms with Crippen LogP contribution in [0, 0.1) is 5.41 Å². The molecule has 4 aromatic carbocycles. The van der Waals surface area contributed by atoms with Gasteiger partial charge in [-0.2, -0.15) is 0 Å². The van der Waals surface area contributed by atoms with Gasteiger partial charge in [-0.3, -0.25) is 0 Å². The summed E-state index contributed by atoms with van der Waals surface area (Å²) in [5, 5.41) is 0.821. The van der Waals surface area contributed by atoms with Crippen LogP contribution in [0.4, 0.5) is 0 Å². The molecule has 0 saturated carbocycles. The predicted octanol–water partition coefficient (Wildman–Crippen LogP) is 9.73. The summed E-state index contributed by atoms with van der Waals surface area (Å²) < 4.78 is 10.9. The minimum atomic E-state index is -0.0667. The van der Waals surface area contributed by atoms with Crippen LogP contribution in [-0.2, 0) is 0 Å². The Labute approximate surface area is 232 Å². The fraction of sp³-hybridized carbons (Fsp3) is 0.200. The molecule has 38 heavy (non-hydrogen) atoms. The fourth-order valence-electron chi connectivity index (χ4n) is 4.98. The molecule has 0 spiro atoms. The van der Waals surface area contributed by atoms with Crippen molar-refractivity contribution in [3.05, 3.63) is 136 Å². The average molecular weight is 523 g/mol. The van der Waals surface area contributed by atoms with Crippen molar-refractivity contribution in [3.8, 4) is 11.5 Å². The van der Waals surface area contributed by atoms with E-state index in [0.29, 0.717) is 0 Å².